The third-order valence-corrected chi connectivity index (χ3v) is 3.92. The van der Waals surface area contributed by atoms with Crippen LogP contribution in [0.4, 0.5) is 15.8 Å². The SMILES string of the molecule is CCOC(=O)C1CCCN(CC(=O)Nc2ccc(F)cc2[N+](=O)[O-])C1. The van der Waals surface area contributed by atoms with Crippen LogP contribution in [0.2, 0.25) is 0 Å². The van der Waals surface area contributed by atoms with Crippen molar-refractivity contribution in [2.24, 2.45) is 5.92 Å². The van der Waals surface area contributed by atoms with Gasteiger partial charge in [-0.2, -0.15) is 0 Å². The number of amides is 1. The number of benzene rings is 1. The molecule has 9 heteroatoms. The van der Waals surface area contributed by atoms with Gasteiger partial charge >= 0.3 is 5.97 Å². The maximum atomic E-state index is 13.1. The van der Waals surface area contributed by atoms with Gasteiger partial charge in [0, 0.05) is 6.54 Å². The lowest BCUT2D eigenvalue weighted by Gasteiger charge is -2.30. The van der Waals surface area contributed by atoms with Crippen LogP contribution in [0.25, 0.3) is 0 Å². The summed E-state index contributed by atoms with van der Waals surface area (Å²) in [5, 5.41) is 13.4. The van der Waals surface area contributed by atoms with Crippen LogP contribution in [-0.4, -0.2) is 47.9 Å². The van der Waals surface area contributed by atoms with Crippen molar-refractivity contribution in [1.82, 2.24) is 4.90 Å². The summed E-state index contributed by atoms with van der Waals surface area (Å²) in [6.07, 6.45) is 1.47. The predicted octanol–water partition coefficient (Wildman–Crippen LogP) is 1.95. The number of nitrogens with zero attached hydrogens (tertiary/aromatic N) is 2. The largest absolute Gasteiger partial charge is 0.466 e. The minimum absolute atomic E-state index is 0.00949. The van der Waals surface area contributed by atoms with Gasteiger partial charge in [0.05, 0.1) is 30.1 Å². The summed E-state index contributed by atoms with van der Waals surface area (Å²) < 4.78 is 18.1. The molecule has 0 saturated carbocycles. The van der Waals surface area contributed by atoms with E-state index in [-0.39, 0.29) is 24.1 Å². The number of likely N-dealkylation sites (tertiary alicyclic amines) is 1. The average molecular weight is 353 g/mol. The van der Waals surface area contributed by atoms with Crippen molar-refractivity contribution < 1.29 is 23.6 Å². The van der Waals surface area contributed by atoms with Crippen molar-refractivity contribution in [3.63, 3.8) is 0 Å². The third-order valence-electron chi connectivity index (χ3n) is 3.92. The Labute approximate surface area is 144 Å². The van der Waals surface area contributed by atoms with Crippen molar-refractivity contribution >= 4 is 23.3 Å². The number of hydrogen-bond acceptors (Lipinski definition) is 6. The number of hydrogen-bond donors (Lipinski definition) is 1. The number of anilines is 1. The van der Waals surface area contributed by atoms with E-state index >= 15 is 0 Å². The molecule has 1 unspecified atom stereocenters. The standard InChI is InChI=1S/C16H20FN3O5/c1-2-25-16(22)11-4-3-7-19(9-11)10-15(21)18-13-6-5-12(17)8-14(13)20(23)24/h5-6,8,11H,2-4,7,9-10H2,1H3,(H,18,21). The first-order valence-electron chi connectivity index (χ1n) is 8.03. The molecule has 25 heavy (non-hydrogen) atoms. The van der Waals surface area contributed by atoms with Crippen molar-refractivity contribution in [2.45, 2.75) is 19.8 Å². The highest BCUT2D eigenvalue weighted by atomic mass is 19.1. The van der Waals surface area contributed by atoms with Crippen LogP contribution in [-0.2, 0) is 14.3 Å². The number of nitro benzene ring substituents is 1. The monoisotopic (exact) mass is 353 g/mol. The molecule has 1 saturated heterocycles. The second-order valence-corrected chi connectivity index (χ2v) is 5.79. The number of ether oxygens (including phenoxy) is 1. The minimum Gasteiger partial charge on any atom is -0.466 e. The maximum absolute atomic E-state index is 13.1. The van der Waals surface area contributed by atoms with Gasteiger partial charge in [0.25, 0.3) is 5.69 Å². The van der Waals surface area contributed by atoms with Crippen LogP contribution in [0.1, 0.15) is 19.8 Å². The number of rotatable bonds is 6. The summed E-state index contributed by atoms with van der Waals surface area (Å²) in [5.74, 6) is -1.76. The second kappa shape index (κ2) is 8.52. The van der Waals surface area contributed by atoms with Gasteiger partial charge in [-0.05, 0) is 38.4 Å². The fourth-order valence-electron chi connectivity index (χ4n) is 2.81. The van der Waals surface area contributed by atoms with Crippen LogP contribution < -0.4 is 5.32 Å². The molecule has 8 nitrogen and oxygen atoms in total. The molecule has 0 bridgehead atoms. The maximum Gasteiger partial charge on any atom is 0.310 e. The normalized spacial score (nSPS) is 17.8. The highest BCUT2D eigenvalue weighted by Gasteiger charge is 2.28. The van der Waals surface area contributed by atoms with Gasteiger partial charge < -0.3 is 10.1 Å². The van der Waals surface area contributed by atoms with E-state index in [0.29, 0.717) is 26.1 Å². The molecule has 136 valence electrons. The van der Waals surface area contributed by atoms with Crippen LogP contribution in [0.15, 0.2) is 18.2 Å². The Bertz CT molecular complexity index is 667. The summed E-state index contributed by atoms with van der Waals surface area (Å²) in [4.78, 5) is 36.0. The Morgan fingerprint density at radius 3 is 2.92 bits per heavy atom. The molecule has 2 rings (SSSR count). The molecule has 0 radical (unpaired) electrons. The van der Waals surface area contributed by atoms with E-state index in [1.165, 1.54) is 0 Å². The molecule has 1 aliphatic rings. The van der Waals surface area contributed by atoms with E-state index in [1.54, 1.807) is 11.8 Å². The number of piperidine rings is 1. The van der Waals surface area contributed by atoms with Crippen molar-refractivity contribution in [1.29, 1.82) is 0 Å². The molecular formula is C16H20FN3O5. The third kappa shape index (κ3) is 5.21. The first kappa shape index (κ1) is 18.8. The van der Waals surface area contributed by atoms with Crippen LogP contribution in [0.3, 0.4) is 0 Å². The molecule has 1 atom stereocenters. The zero-order chi connectivity index (χ0) is 18.4. The Kier molecular flexibility index (Phi) is 6.40. The van der Waals surface area contributed by atoms with Gasteiger partial charge in [0.15, 0.2) is 0 Å². The van der Waals surface area contributed by atoms with E-state index in [9.17, 15) is 24.1 Å². The number of nitro groups is 1. The van der Waals surface area contributed by atoms with Gasteiger partial charge in [-0.3, -0.25) is 24.6 Å². The zero-order valence-electron chi connectivity index (χ0n) is 13.9. The molecular weight excluding hydrogens is 333 g/mol. The number of nitrogens with one attached hydrogen (secondary N) is 1. The van der Waals surface area contributed by atoms with Crippen molar-refractivity contribution in [3.05, 3.63) is 34.1 Å². The molecule has 0 aliphatic carbocycles. The highest BCUT2D eigenvalue weighted by molar-refractivity contribution is 5.94. The summed E-state index contributed by atoms with van der Waals surface area (Å²) in [5.41, 5.74) is -0.563. The molecule has 0 spiro atoms. The highest BCUT2D eigenvalue weighted by Crippen LogP contribution is 2.25. The second-order valence-electron chi connectivity index (χ2n) is 5.79. The topological polar surface area (TPSA) is 102 Å². The lowest BCUT2D eigenvalue weighted by molar-refractivity contribution is -0.384. The molecule has 0 aromatic heterocycles. The van der Waals surface area contributed by atoms with Gasteiger partial charge in [-0.25, -0.2) is 4.39 Å². The first-order chi connectivity index (χ1) is 11.9. The van der Waals surface area contributed by atoms with E-state index in [0.717, 1.165) is 24.6 Å². The van der Waals surface area contributed by atoms with Crippen molar-refractivity contribution in [2.75, 3.05) is 31.6 Å². The first-order valence-corrected chi connectivity index (χ1v) is 8.03. The van der Waals surface area contributed by atoms with Gasteiger partial charge in [-0.1, -0.05) is 0 Å². The van der Waals surface area contributed by atoms with Gasteiger partial charge in [-0.15, -0.1) is 0 Å². The zero-order valence-corrected chi connectivity index (χ0v) is 13.9. The lowest BCUT2D eigenvalue weighted by Crippen LogP contribution is -2.43. The summed E-state index contributed by atoms with van der Waals surface area (Å²) in [6, 6.07) is 2.95. The van der Waals surface area contributed by atoms with E-state index < -0.39 is 22.3 Å². The van der Waals surface area contributed by atoms with Crippen LogP contribution in [0, 0.1) is 21.8 Å². The van der Waals surface area contributed by atoms with Gasteiger partial charge in [0.1, 0.15) is 11.5 Å². The fraction of sp³-hybridized carbons (Fsp3) is 0.500. The molecule has 1 heterocycles. The molecule has 1 N–H and O–H groups in total. The molecule has 1 amide bonds. The Morgan fingerprint density at radius 2 is 2.24 bits per heavy atom. The van der Waals surface area contributed by atoms with Gasteiger partial charge in [0.2, 0.25) is 5.91 Å². The molecule has 1 aromatic carbocycles. The molecule has 1 aromatic rings. The van der Waals surface area contributed by atoms with E-state index in [1.807, 2.05) is 0 Å². The van der Waals surface area contributed by atoms with E-state index in [2.05, 4.69) is 5.32 Å². The number of halogens is 1. The Hall–Kier alpha value is -2.55. The smallest absolute Gasteiger partial charge is 0.310 e. The Balaban J connectivity index is 1.96. The predicted molar refractivity (Wildman–Crippen MR) is 87.5 cm³/mol. The Morgan fingerprint density at radius 1 is 1.48 bits per heavy atom. The number of carbonyl (C=O) groups is 2. The minimum atomic E-state index is -0.754. The summed E-state index contributed by atoms with van der Waals surface area (Å²) in [6.45, 7) is 3.09. The fourth-order valence-corrected chi connectivity index (χ4v) is 2.81. The van der Waals surface area contributed by atoms with E-state index in [4.69, 9.17) is 4.74 Å². The summed E-state index contributed by atoms with van der Waals surface area (Å²) in [7, 11) is 0. The quantitative estimate of drug-likeness (QED) is 0.476. The average Bonchev–Trinajstić information content (AvgIpc) is 2.56. The molecule has 1 aliphatic heterocycles. The number of esters is 1. The van der Waals surface area contributed by atoms with Crippen LogP contribution >= 0.6 is 0 Å². The number of carbonyl (C=O) groups excluding carboxylic acids is 2. The molecule has 1 fully saturated rings. The van der Waals surface area contributed by atoms with Crippen LogP contribution in [0.5, 0.6) is 0 Å². The van der Waals surface area contributed by atoms with Crippen molar-refractivity contribution in [3.8, 4) is 0 Å². The summed E-state index contributed by atoms with van der Waals surface area (Å²) >= 11 is 0. The lowest BCUT2D eigenvalue weighted by atomic mass is 9.98.